The molecule has 1 aliphatic rings. The second kappa shape index (κ2) is 14.5. The molecule has 9 rings (SSSR count). The van der Waals surface area contributed by atoms with Crippen LogP contribution in [0.2, 0.25) is 0 Å². The molecule has 58 heavy (non-hydrogen) atoms. The van der Waals surface area contributed by atoms with E-state index in [1.165, 1.54) is 11.1 Å². The first-order valence-electron chi connectivity index (χ1n) is 20.2. The highest BCUT2D eigenvalue weighted by atomic mass is 79.9. The summed E-state index contributed by atoms with van der Waals surface area (Å²) in [5.74, 6) is 0. The van der Waals surface area contributed by atoms with Crippen LogP contribution in [0.1, 0.15) is 52.7 Å². The van der Waals surface area contributed by atoms with Crippen LogP contribution in [0.5, 0.6) is 0 Å². The van der Waals surface area contributed by atoms with E-state index in [2.05, 4.69) is 215 Å². The summed E-state index contributed by atoms with van der Waals surface area (Å²) >= 11 is 3.87. The molecule has 0 spiro atoms. The summed E-state index contributed by atoms with van der Waals surface area (Å²) in [6.07, 6.45) is 4.04. The van der Waals surface area contributed by atoms with Crippen LogP contribution in [0.25, 0.3) is 78.1 Å². The van der Waals surface area contributed by atoms with Gasteiger partial charge < -0.3 is 0 Å². The van der Waals surface area contributed by atoms with Crippen LogP contribution in [-0.2, 0) is 10.8 Å². The Balaban J connectivity index is 1.12. The number of benzene rings is 6. The first-order chi connectivity index (χ1) is 27.9. The fourth-order valence-corrected chi connectivity index (χ4v) is 9.55. The summed E-state index contributed by atoms with van der Waals surface area (Å²) < 4.78 is 1.06. The minimum atomic E-state index is 0.0356. The van der Waals surface area contributed by atoms with E-state index in [0.29, 0.717) is 0 Å². The minimum Gasteiger partial charge on any atom is -0.256 e. The predicted molar refractivity (Wildman–Crippen MR) is 248 cm³/mol. The van der Waals surface area contributed by atoms with Gasteiger partial charge in [0.05, 0.1) is 11.4 Å². The van der Waals surface area contributed by atoms with Crippen LogP contribution in [0, 0.1) is 5.41 Å². The van der Waals surface area contributed by atoms with Gasteiger partial charge in [0.1, 0.15) is 0 Å². The highest BCUT2D eigenvalue weighted by Crippen LogP contribution is 2.61. The Morgan fingerprint density at radius 1 is 0.345 bits per heavy atom. The zero-order valence-electron chi connectivity index (χ0n) is 34.0. The normalized spacial score (nSPS) is 14.9. The fraction of sp³-hybridized carbons (Fsp3) is 0.164. The Kier molecular flexibility index (Phi) is 9.41. The number of hydrogen-bond donors (Lipinski definition) is 0. The van der Waals surface area contributed by atoms with Gasteiger partial charge >= 0.3 is 0 Å². The third-order valence-electron chi connectivity index (χ3n) is 13.6. The van der Waals surface area contributed by atoms with E-state index < -0.39 is 0 Å². The van der Waals surface area contributed by atoms with Gasteiger partial charge in [-0.2, -0.15) is 0 Å². The molecule has 284 valence electrons. The van der Waals surface area contributed by atoms with E-state index in [1.807, 2.05) is 18.5 Å². The van der Waals surface area contributed by atoms with Crippen molar-refractivity contribution in [2.75, 3.05) is 0 Å². The van der Waals surface area contributed by atoms with Gasteiger partial charge in [0.25, 0.3) is 0 Å². The Morgan fingerprint density at radius 2 is 0.759 bits per heavy atom. The summed E-state index contributed by atoms with van der Waals surface area (Å²) in [4.78, 5) is 10.00. The first kappa shape index (κ1) is 37.7. The van der Waals surface area contributed by atoms with E-state index in [1.54, 1.807) is 0 Å². The molecule has 8 aromatic rings. The molecule has 0 saturated heterocycles. The van der Waals surface area contributed by atoms with E-state index in [0.717, 1.165) is 82.6 Å². The minimum absolute atomic E-state index is 0.0356. The van der Waals surface area contributed by atoms with Crippen molar-refractivity contribution in [2.45, 2.75) is 52.4 Å². The zero-order valence-corrected chi connectivity index (χ0v) is 35.6. The monoisotopic (exact) mass is 814 g/mol. The number of aromatic nitrogens is 2. The van der Waals surface area contributed by atoms with E-state index >= 15 is 0 Å². The Bertz CT molecular complexity index is 2800. The van der Waals surface area contributed by atoms with E-state index in [9.17, 15) is 0 Å². The molecule has 2 aromatic heterocycles. The fourth-order valence-electron chi connectivity index (χ4n) is 9.04. The molecule has 2 heterocycles. The molecule has 1 aliphatic carbocycles. The lowest BCUT2D eigenvalue weighted by Crippen LogP contribution is -2.42. The Labute approximate surface area is 351 Å². The quantitative estimate of drug-likeness (QED) is 0.160. The summed E-state index contributed by atoms with van der Waals surface area (Å²) in [5, 5.41) is 0. The van der Waals surface area contributed by atoms with Crippen LogP contribution in [0.4, 0.5) is 0 Å². The van der Waals surface area contributed by atoms with Crippen LogP contribution in [0.15, 0.2) is 181 Å². The van der Waals surface area contributed by atoms with Gasteiger partial charge in [0, 0.05) is 39.1 Å². The lowest BCUT2D eigenvalue weighted by Gasteiger charge is -2.44. The molecular formula is C55H47BrN2. The first-order valence-corrected chi connectivity index (χ1v) is 21.0. The maximum Gasteiger partial charge on any atom is 0.0702 e. The highest BCUT2D eigenvalue weighted by molar-refractivity contribution is 9.10. The van der Waals surface area contributed by atoms with Crippen molar-refractivity contribution in [2.24, 2.45) is 5.41 Å². The standard InChI is InChI=1S/C55H47BrN2/c1-53(2)48-27-24-37(33-49(48)54(3,4)55(53,5)6)52-29-26-39(35-58-52)44-19-11-13-21-46(44)41-30-40(31-42(32-41)47-22-14-15-23-50(47)56)45-20-12-10-18-43(45)38-25-28-51(57-34-38)36-16-8-7-9-17-36/h7-35H,1-6H3. The smallest absolute Gasteiger partial charge is 0.0702 e. The molecule has 0 aliphatic heterocycles. The maximum atomic E-state index is 5.11. The van der Waals surface area contributed by atoms with Crippen LogP contribution < -0.4 is 0 Å². The molecule has 0 N–H and O–H groups in total. The SMILES string of the molecule is CC1(C)c2ccc(-c3ccc(-c4ccccc4-c4cc(-c5ccccc5Br)cc(-c5ccccc5-c5ccc(-c6ccccc6)nc5)c4)cn3)cc2C(C)(C)C1(C)C. The summed E-state index contributed by atoms with van der Waals surface area (Å²) in [7, 11) is 0. The van der Waals surface area contributed by atoms with Crippen molar-refractivity contribution in [3.8, 4) is 78.1 Å². The molecule has 0 radical (unpaired) electrons. The van der Waals surface area contributed by atoms with E-state index in [-0.39, 0.29) is 16.2 Å². The van der Waals surface area contributed by atoms with Crippen LogP contribution in [0.3, 0.4) is 0 Å². The molecule has 0 saturated carbocycles. The summed E-state index contributed by atoms with van der Waals surface area (Å²) in [6, 6.07) is 58.8. The number of pyridine rings is 2. The van der Waals surface area contributed by atoms with Gasteiger partial charge in [0.2, 0.25) is 0 Å². The van der Waals surface area contributed by atoms with Crippen molar-refractivity contribution >= 4 is 15.9 Å². The topological polar surface area (TPSA) is 25.8 Å². The van der Waals surface area contributed by atoms with Gasteiger partial charge in [-0.25, -0.2) is 0 Å². The average Bonchev–Trinajstić information content (AvgIpc) is 3.36. The lowest BCUT2D eigenvalue weighted by atomic mass is 9.59. The summed E-state index contributed by atoms with van der Waals surface area (Å²) in [6.45, 7) is 14.4. The third-order valence-corrected chi connectivity index (χ3v) is 14.3. The number of hydrogen-bond acceptors (Lipinski definition) is 2. The molecule has 0 fully saturated rings. The Hall–Kier alpha value is -5.90. The molecular weight excluding hydrogens is 769 g/mol. The number of rotatable bonds is 7. The molecule has 2 nitrogen and oxygen atoms in total. The Morgan fingerprint density at radius 3 is 1.26 bits per heavy atom. The van der Waals surface area contributed by atoms with Crippen molar-refractivity contribution < 1.29 is 0 Å². The molecule has 0 atom stereocenters. The highest BCUT2D eigenvalue weighted by Gasteiger charge is 2.56. The lowest BCUT2D eigenvalue weighted by molar-refractivity contribution is 0.125. The van der Waals surface area contributed by atoms with Crippen molar-refractivity contribution in [3.05, 3.63) is 192 Å². The molecule has 0 amide bonds. The van der Waals surface area contributed by atoms with Crippen LogP contribution >= 0.6 is 15.9 Å². The van der Waals surface area contributed by atoms with Gasteiger partial charge in [0.15, 0.2) is 0 Å². The number of fused-ring (bicyclic) bond motifs is 1. The predicted octanol–water partition coefficient (Wildman–Crippen LogP) is 15.5. The maximum absolute atomic E-state index is 5.11. The van der Waals surface area contributed by atoms with Gasteiger partial charge in [-0.3, -0.25) is 9.97 Å². The van der Waals surface area contributed by atoms with E-state index in [4.69, 9.17) is 9.97 Å². The van der Waals surface area contributed by atoms with Crippen molar-refractivity contribution in [3.63, 3.8) is 0 Å². The van der Waals surface area contributed by atoms with Gasteiger partial charge in [-0.15, -0.1) is 0 Å². The second-order valence-corrected chi connectivity index (χ2v) is 18.1. The summed E-state index contributed by atoms with van der Waals surface area (Å²) in [5.41, 5.74) is 18.6. The van der Waals surface area contributed by atoms with Crippen LogP contribution in [-0.4, -0.2) is 9.97 Å². The zero-order chi connectivity index (χ0) is 40.2. The van der Waals surface area contributed by atoms with Gasteiger partial charge in [-0.05, 0) is 114 Å². The average molecular weight is 816 g/mol. The molecule has 6 aromatic carbocycles. The molecule has 3 heteroatoms. The van der Waals surface area contributed by atoms with Crippen molar-refractivity contribution in [1.29, 1.82) is 0 Å². The van der Waals surface area contributed by atoms with Gasteiger partial charge in [-0.1, -0.05) is 179 Å². The van der Waals surface area contributed by atoms with Crippen molar-refractivity contribution in [1.82, 2.24) is 9.97 Å². The number of nitrogens with zero attached hydrogens (tertiary/aromatic N) is 2. The second-order valence-electron chi connectivity index (χ2n) is 17.2. The largest absolute Gasteiger partial charge is 0.256 e. The molecule has 0 bridgehead atoms. The molecule has 0 unspecified atom stereocenters. The third kappa shape index (κ3) is 6.33. The number of halogens is 1.